The zero-order valence-corrected chi connectivity index (χ0v) is 13.4. The van der Waals surface area contributed by atoms with Gasteiger partial charge in [-0.15, -0.1) is 12.4 Å². The molecule has 1 aromatic heterocycles. The van der Waals surface area contributed by atoms with E-state index >= 15 is 0 Å². The molecule has 1 aromatic rings. The van der Waals surface area contributed by atoms with Crippen LogP contribution in [0.5, 0.6) is 0 Å². The number of nitrogens with zero attached hydrogens (tertiary/aromatic N) is 2. The molecule has 1 saturated carbocycles. The molecule has 2 heterocycles. The molecule has 1 aliphatic heterocycles. The van der Waals surface area contributed by atoms with Crippen molar-refractivity contribution < 1.29 is 13.2 Å². The first kappa shape index (κ1) is 17.6. The Morgan fingerprint density at radius 2 is 1.91 bits per heavy atom. The number of hydrogen-bond acceptors (Lipinski definition) is 2. The highest BCUT2D eigenvalue weighted by molar-refractivity contribution is 5.85. The summed E-state index contributed by atoms with van der Waals surface area (Å²) in [5, 5.41) is 7.06. The second kappa shape index (κ2) is 7.21. The first-order valence-corrected chi connectivity index (χ1v) is 7.92. The number of rotatable bonds is 3. The van der Waals surface area contributed by atoms with Gasteiger partial charge in [-0.2, -0.15) is 18.3 Å². The summed E-state index contributed by atoms with van der Waals surface area (Å²) in [7, 11) is 0. The van der Waals surface area contributed by atoms with Crippen LogP contribution in [-0.4, -0.2) is 16.3 Å². The van der Waals surface area contributed by atoms with Crippen molar-refractivity contribution in [1.29, 1.82) is 0 Å². The van der Waals surface area contributed by atoms with Crippen LogP contribution in [0.2, 0.25) is 0 Å². The largest absolute Gasteiger partial charge is 0.435 e. The number of aryl methyl sites for hydroxylation is 1. The highest BCUT2D eigenvalue weighted by Gasteiger charge is 2.39. The second-order valence-corrected chi connectivity index (χ2v) is 6.21. The second-order valence-electron chi connectivity index (χ2n) is 6.21. The zero-order valence-electron chi connectivity index (χ0n) is 12.6. The molecule has 0 bridgehead atoms. The average Bonchev–Trinajstić information content (AvgIpc) is 2.85. The highest BCUT2D eigenvalue weighted by atomic mass is 35.5. The summed E-state index contributed by atoms with van der Waals surface area (Å²) in [5.74, 6) is 0.657. The van der Waals surface area contributed by atoms with Crippen LogP contribution in [0.15, 0.2) is 0 Å². The Bertz CT molecular complexity index is 493. The van der Waals surface area contributed by atoms with Gasteiger partial charge < -0.3 is 5.32 Å². The first-order chi connectivity index (χ1) is 10.1. The third-order valence-corrected chi connectivity index (χ3v) is 4.75. The molecule has 3 rings (SSSR count). The van der Waals surface area contributed by atoms with Gasteiger partial charge in [0.25, 0.3) is 0 Å². The zero-order chi connectivity index (χ0) is 14.9. The van der Waals surface area contributed by atoms with Crippen LogP contribution in [0.4, 0.5) is 13.2 Å². The van der Waals surface area contributed by atoms with Crippen LogP contribution >= 0.6 is 12.4 Å². The Morgan fingerprint density at radius 1 is 1.18 bits per heavy atom. The van der Waals surface area contributed by atoms with E-state index in [1.165, 1.54) is 32.1 Å². The standard InChI is InChI=1S/C15H22F3N3.ClH/c16-15(17,18)14-12-6-8-19-10-13(12)21(20-14)9-7-11-4-2-1-3-5-11;/h11,19H,1-10H2;1H. The van der Waals surface area contributed by atoms with E-state index in [0.717, 1.165) is 12.1 Å². The van der Waals surface area contributed by atoms with Gasteiger partial charge in [-0.05, 0) is 25.3 Å². The van der Waals surface area contributed by atoms with Gasteiger partial charge in [0.05, 0.1) is 5.69 Å². The minimum Gasteiger partial charge on any atom is -0.311 e. The van der Waals surface area contributed by atoms with E-state index in [1.54, 1.807) is 4.68 Å². The van der Waals surface area contributed by atoms with Crippen molar-refractivity contribution in [3.8, 4) is 0 Å². The van der Waals surface area contributed by atoms with Crippen LogP contribution in [0.1, 0.15) is 55.5 Å². The van der Waals surface area contributed by atoms with Gasteiger partial charge >= 0.3 is 6.18 Å². The summed E-state index contributed by atoms with van der Waals surface area (Å²) in [6.45, 7) is 1.72. The van der Waals surface area contributed by atoms with Gasteiger partial charge in [0, 0.05) is 18.7 Å². The average molecular weight is 338 g/mol. The fraction of sp³-hybridized carbons (Fsp3) is 0.800. The van der Waals surface area contributed by atoms with Crippen molar-refractivity contribution in [2.24, 2.45) is 5.92 Å². The lowest BCUT2D eigenvalue weighted by Crippen LogP contribution is -2.26. The molecule has 0 spiro atoms. The van der Waals surface area contributed by atoms with Crippen molar-refractivity contribution in [3.63, 3.8) is 0 Å². The Hall–Kier alpha value is -0.750. The van der Waals surface area contributed by atoms with E-state index in [2.05, 4.69) is 10.4 Å². The minimum absolute atomic E-state index is 0. The molecule has 0 unspecified atom stereocenters. The SMILES string of the molecule is Cl.FC(F)(F)c1nn(CCC2CCCCC2)c2c1CCNC2. The molecule has 7 heteroatoms. The summed E-state index contributed by atoms with van der Waals surface area (Å²) in [6, 6.07) is 0. The number of hydrogen-bond donors (Lipinski definition) is 1. The maximum atomic E-state index is 13.1. The number of fused-ring (bicyclic) bond motifs is 1. The summed E-state index contributed by atoms with van der Waals surface area (Å²) in [4.78, 5) is 0. The van der Waals surface area contributed by atoms with Gasteiger partial charge in [-0.3, -0.25) is 4.68 Å². The molecule has 2 aliphatic rings. The van der Waals surface area contributed by atoms with Crippen LogP contribution in [0, 0.1) is 5.92 Å². The molecule has 1 fully saturated rings. The van der Waals surface area contributed by atoms with E-state index < -0.39 is 11.9 Å². The number of aromatic nitrogens is 2. The fourth-order valence-electron chi connectivity index (χ4n) is 3.61. The van der Waals surface area contributed by atoms with Crippen LogP contribution in [0.25, 0.3) is 0 Å². The summed E-state index contributed by atoms with van der Waals surface area (Å²) in [6.07, 6.45) is 3.29. The van der Waals surface area contributed by atoms with Gasteiger partial charge in [0.2, 0.25) is 0 Å². The monoisotopic (exact) mass is 337 g/mol. The molecule has 0 radical (unpaired) electrons. The first-order valence-electron chi connectivity index (χ1n) is 7.92. The fourth-order valence-corrected chi connectivity index (χ4v) is 3.61. The van der Waals surface area contributed by atoms with Gasteiger partial charge in [-0.1, -0.05) is 32.1 Å². The topological polar surface area (TPSA) is 29.9 Å². The van der Waals surface area contributed by atoms with E-state index in [9.17, 15) is 13.2 Å². The number of nitrogens with one attached hydrogen (secondary N) is 1. The normalized spacial score (nSPS) is 19.6. The van der Waals surface area contributed by atoms with Gasteiger partial charge in [0.15, 0.2) is 5.69 Å². The van der Waals surface area contributed by atoms with Crippen LogP contribution in [-0.2, 0) is 25.7 Å². The predicted molar refractivity (Wildman–Crippen MR) is 81.1 cm³/mol. The maximum Gasteiger partial charge on any atom is 0.435 e. The summed E-state index contributed by atoms with van der Waals surface area (Å²) < 4.78 is 40.9. The van der Waals surface area contributed by atoms with Crippen molar-refractivity contribution in [2.45, 2.75) is 64.2 Å². The van der Waals surface area contributed by atoms with Crippen molar-refractivity contribution in [3.05, 3.63) is 17.0 Å². The molecular weight excluding hydrogens is 315 g/mol. The van der Waals surface area contributed by atoms with Gasteiger partial charge in [-0.25, -0.2) is 0 Å². The summed E-state index contributed by atoms with van der Waals surface area (Å²) in [5.41, 5.74) is 0.483. The molecule has 0 saturated heterocycles. The lowest BCUT2D eigenvalue weighted by Gasteiger charge is -2.22. The summed E-state index contributed by atoms with van der Waals surface area (Å²) >= 11 is 0. The molecule has 0 amide bonds. The van der Waals surface area contributed by atoms with Crippen molar-refractivity contribution >= 4 is 12.4 Å². The van der Waals surface area contributed by atoms with Crippen LogP contribution in [0.3, 0.4) is 0 Å². The molecular formula is C15H23ClF3N3. The number of alkyl halides is 3. The maximum absolute atomic E-state index is 13.1. The molecule has 1 N–H and O–H groups in total. The molecule has 0 aromatic carbocycles. The quantitative estimate of drug-likeness (QED) is 0.905. The van der Waals surface area contributed by atoms with Crippen molar-refractivity contribution in [2.75, 3.05) is 6.54 Å². The van der Waals surface area contributed by atoms with E-state index in [0.29, 0.717) is 37.5 Å². The van der Waals surface area contributed by atoms with Gasteiger partial charge in [0.1, 0.15) is 0 Å². The van der Waals surface area contributed by atoms with E-state index in [-0.39, 0.29) is 12.4 Å². The Morgan fingerprint density at radius 3 is 2.59 bits per heavy atom. The minimum atomic E-state index is -4.34. The Labute approximate surface area is 135 Å². The lowest BCUT2D eigenvalue weighted by atomic mass is 9.87. The highest BCUT2D eigenvalue weighted by Crippen LogP contribution is 2.34. The molecule has 22 heavy (non-hydrogen) atoms. The third kappa shape index (κ3) is 3.77. The molecule has 0 atom stereocenters. The van der Waals surface area contributed by atoms with E-state index in [1.807, 2.05) is 0 Å². The molecule has 1 aliphatic carbocycles. The Kier molecular flexibility index (Phi) is 5.77. The third-order valence-electron chi connectivity index (χ3n) is 4.75. The van der Waals surface area contributed by atoms with Crippen molar-refractivity contribution in [1.82, 2.24) is 15.1 Å². The smallest absolute Gasteiger partial charge is 0.311 e. The Balaban J connectivity index is 0.00000176. The number of halogens is 4. The van der Waals surface area contributed by atoms with E-state index in [4.69, 9.17) is 0 Å². The molecule has 3 nitrogen and oxygen atoms in total. The lowest BCUT2D eigenvalue weighted by molar-refractivity contribution is -0.142. The predicted octanol–water partition coefficient (Wildman–Crippen LogP) is 3.94. The van der Waals surface area contributed by atoms with Crippen LogP contribution < -0.4 is 5.32 Å². The molecule has 126 valence electrons.